The highest BCUT2D eigenvalue weighted by Gasteiger charge is 2.32. The summed E-state index contributed by atoms with van der Waals surface area (Å²) >= 11 is 5.40. The molecule has 25 heavy (non-hydrogen) atoms. The fourth-order valence-corrected chi connectivity index (χ4v) is 4.04. The molecule has 0 aliphatic rings. The molecule has 0 aliphatic heterocycles. The Hall–Kier alpha value is -2.45. The number of anilines is 1. The summed E-state index contributed by atoms with van der Waals surface area (Å²) in [6.07, 6.45) is 0.756. The van der Waals surface area contributed by atoms with E-state index < -0.39 is 37.3 Å². The van der Waals surface area contributed by atoms with Crippen molar-refractivity contribution in [1.82, 2.24) is 0 Å². The van der Waals surface area contributed by atoms with E-state index in [1.165, 1.54) is 24.3 Å². The van der Waals surface area contributed by atoms with Crippen LogP contribution in [0.2, 0.25) is 0 Å². The Kier molecular flexibility index (Phi) is 5.76. The second kappa shape index (κ2) is 7.62. The molecule has 2 aromatic rings. The topological polar surface area (TPSA) is 97.6 Å². The van der Waals surface area contributed by atoms with Crippen LogP contribution in [0.1, 0.15) is 12.5 Å². The summed E-state index contributed by atoms with van der Waals surface area (Å²) in [6.45, 7) is 1.31. The summed E-state index contributed by atoms with van der Waals surface area (Å²) in [5.41, 5.74) is 0.605. The van der Waals surface area contributed by atoms with Crippen LogP contribution in [0.5, 0.6) is 0 Å². The molecule has 0 radical (unpaired) electrons. The first-order valence-electron chi connectivity index (χ1n) is 7.30. The average molecular weight is 383 g/mol. The minimum Gasteiger partial charge on any atom is -0.279 e. The van der Waals surface area contributed by atoms with Crippen LogP contribution in [0.3, 0.4) is 0 Å². The van der Waals surface area contributed by atoms with Crippen LogP contribution in [0.25, 0.3) is 0 Å². The fourth-order valence-electron chi connectivity index (χ4n) is 2.27. The van der Waals surface area contributed by atoms with Crippen molar-refractivity contribution < 1.29 is 18.1 Å². The maximum absolute atomic E-state index is 13.0. The summed E-state index contributed by atoms with van der Waals surface area (Å²) in [6, 6.07) is 11.5. The van der Waals surface area contributed by atoms with Crippen molar-refractivity contribution in [3.63, 3.8) is 0 Å². The zero-order chi connectivity index (χ0) is 18.6. The van der Waals surface area contributed by atoms with Crippen molar-refractivity contribution >= 4 is 38.2 Å². The van der Waals surface area contributed by atoms with Gasteiger partial charge in [-0.05, 0) is 41.8 Å². The Morgan fingerprint density at radius 1 is 1.16 bits per heavy atom. The van der Waals surface area contributed by atoms with E-state index in [9.17, 15) is 23.3 Å². The van der Waals surface area contributed by atoms with E-state index in [0.29, 0.717) is 0 Å². The van der Waals surface area contributed by atoms with Crippen molar-refractivity contribution in [3.05, 3.63) is 64.2 Å². The lowest BCUT2D eigenvalue weighted by Gasteiger charge is -2.23. The molecule has 0 unspecified atom stereocenters. The molecule has 9 heteroatoms. The molecule has 2 aromatic carbocycles. The van der Waals surface area contributed by atoms with E-state index in [-0.39, 0.29) is 5.69 Å². The van der Waals surface area contributed by atoms with E-state index in [1.54, 1.807) is 12.1 Å². The van der Waals surface area contributed by atoms with Gasteiger partial charge in [0.15, 0.2) is 4.90 Å². The first kappa shape index (κ1) is 18.9. The number of hydrogen-bond donors (Lipinski definition) is 0. The molecule has 0 bridgehead atoms. The van der Waals surface area contributed by atoms with Gasteiger partial charge in [-0.15, -0.1) is 0 Å². The van der Waals surface area contributed by atoms with E-state index in [4.69, 9.17) is 11.6 Å². The van der Waals surface area contributed by atoms with Gasteiger partial charge in [0.1, 0.15) is 6.54 Å². The quantitative estimate of drug-likeness (QED) is 0.416. The minimum absolute atomic E-state index is 0.198. The molecule has 0 heterocycles. The van der Waals surface area contributed by atoms with Crippen molar-refractivity contribution in [2.24, 2.45) is 0 Å². The number of benzene rings is 2. The molecule has 0 aliphatic carbocycles. The lowest BCUT2D eigenvalue weighted by atomic mass is 10.1. The summed E-state index contributed by atoms with van der Waals surface area (Å²) in [5, 5.41) is 10.3. The average Bonchev–Trinajstić information content (AvgIpc) is 2.59. The predicted octanol–water partition coefficient (Wildman–Crippen LogP) is 3.12. The predicted molar refractivity (Wildman–Crippen MR) is 94.3 cm³/mol. The highest BCUT2D eigenvalue weighted by Crippen LogP contribution is 2.30. The molecule has 0 fully saturated rings. The Morgan fingerprint density at radius 2 is 1.76 bits per heavy atom. The van der Waals surface area contributed by atoms with Gasteiger partial charge >= 0.3 is 0 Å². The Bertz CT molecular complexity index is 897. The molecule has 0 saturated carbocycles. The number of nitro benzene ring substituents is 1. The first-order chi connectivity index (χ1) is 11.8. The third-order valence-corrected chi connectivity index (χ3v) is 5.47. The van der Waals surface area contributed by atoms with Crippen molar-refractivity contribution in [1.29, 1.82) is 0 Å². The van der Waals surface area contributed by atoms with Gasteiger partial charge in [-0.1, -0.05) is 31.2 Å². The fraction of sp³-hybridized carbons (Fsp3) is 0.188. The van der Waals surface area contributed by atoms with Crippen LogP contribution in [0, 0.1) is 10.1 Å². The maximum atomic E-state index is 13.0. The monoisotopic (exact) mass is 382 g/mol. The number of sulfonamides is 1. The van der Waals surface area contributed by atoms with Crippen molar-refractivity contribution in [2.45, 2.75) is 18.2 Å². The molecular weight excluding hydrogens is 368 g/mol. The Morgan fingerprint density at radius 3 is 2.28 bits per heavy atom. The van der Waals surface area contributed by atoms with Gasteiger partial charge in [0.05, 0.1) is 10.6 Å². The SMILES string of the molecule is CCc1ccc(N(CC(=O)Cl)S(=O)(=O)c2ccccc2[N+](=O)[O-])cc1. The lowest BCUT2D eigenvalue weighted by molar-refractivity contribution is -0.387. The van der Waals surface area contributed by atoms with E-state index in [2.05, 4.69) is 0 Å². The van der Waals surface area contributed by atoms with Gasteiger partial charge in [0.2, 0.25) is 5.24 Å². The molecular formula is C16H15ClN2O5S. The number of para-hydroxylation sites is 1. The highest BCUT2D eigenvalue weighted by atomic mass is 35.5. The standard InChI is InChI=1S/C16H15ClN2O5S/c1-2-12-7-9-13(10-8-12)18(11-16(17)20)25(23,24)15-6-4-3-5-14(15)19(21)22/h3-10H,2,11H2,1H3. The van der Waals surface area contributed by atoms with Gasteiger partial charge in [-0.2, -0.15) is 0 Å². The third-order valence-electron chi connectivity index (χ3n) is 3.53. The zero-order valence-corrected chi connectivity index (χ0v) is 14.8. The Balaban J connectivity index is 2.60. The molecule has 0 atom stereocenters. The second-order valence-corrected chi connectivity index (χ2v) is 7.36. The highest BCUT2D eigenvalue weighted by molar-refractivity contribution is 7.93. The van der Waals surface area contributed by atoms with Crippen LogP contribution in [0.15, 0.2) is 53.4 Å². The summed E-state index contributed by atoms with van der Waals surface area (Å²) in [5.74, 6) is 0. The third kappa shape index (κ3) is 4.15. The van der Waals surface area contributed by atoms with Crippen LogP contribution in [0.4, 0.5) is 11.4 Å². The summed E-state index contributed by atoms with van der Waals surface area (Å²) in [4.78, 5) is 21.2. The van der Waals surface area contributed by atoms with E-state index >= 15 is 0 Å². The largest absolute Gasteiger partial charge is 0.289 e. The zero-order valence-electron chi connectivity index (χ0n) is 13.3. The molecule has 2 rings (SSSR count). The molecule has 7 nitrogen and oxygen atoms in total. The van der Waals surface area contributed by atoms with Crippen molar-refractivity contribution in [2.75, 3.05) is 10.8 Å². The Labute approximate surface area is 150 Å². The maximum Gasteiger partial charge on any atom is 0.289 e. The lowest BCUT2D eigenvalue weighted by Crippen LogP contribution is -2.34. The first-order valence-corrected chi connectivity index (χ1v) is 9.12. The molecule has 0 N–H and O–H groups in total. The van der Waals surface area contributed by atoms with E-state index in [0.717, 1.165) is 28.4 Å². The smallest absolute Gasteiger partial charge is 0.279 e. The van der Waals surface area contributed by atoms with Crippen LogP contribution >= 0.6 is 11.6 Å². The number of nitrogens with zero attached hydrogens (tertiary/aromatic N) is 2. The number of nitro groups is 1. The molecule has 132 valence electrons. The molecule has 0 amide bonds. The summed E-state index contributed by atoms with van der Waals surface area (Å²) in [7, 11) is -4.36. The van der Waals surface area contributed by atoms with E-state index in [1.807, 2.05) is 6.92 Å². The van der Waals surface area contributed by atoms with Gasteiger partial charge in [-0.3, -0.25) is 19.2 Å². The molecule has 0 saturated heterocycles. The number of rotatable bonds is 7. The van der Waals surface area contributed by atoms with Crippen molar-refractivity contribution in [3.8, 4) is 0 Å². The van der Waals surface area contributed by atoms with Gasteiger partial charge < -0.3 is 0 Å². The minimum atomic E-state index is -4.36. The van der Waals surface area contributed by atoms with Gasteiger partial charge in [0.25, 0.3) is 15.7 Å². The molecule has 0 spiro atoms. The number of carbonyl (C=O) groups excluding carboxylic acids is 1. The van der Waals surface area contributed by atoms with Crippen LogP contribution in [-0.2, 0) is 21.2 Å². The summed E-state index contributed by atoms with van der Waals surface area (Å²) < 4.78 is 26.7. The second-order valence-electron chi connectivity index (χ2n) is 5.11. The van der Waals surface area contributed by atoms with Crippen LogP contribution in [-0.4, -0.2) is 25.1 Å². The van der Waals surface area contributed by atoms with Gasteiger partial charge in [-0.25, -0.2) is 8.42 Å². The number of hydrogen-bond acceptors (Lipinski definition) is 5. The number of halogens is 1. The number of aryl methyl sites for hydroxylation is 1. The normalized spacial score (nSPS) is 11.1. The number of carbonyl (C=O) groups is 1. The molecule has 0 aromatic heterocycles. The van der Waals surface area contributed by atoms with Gasteiger partial charge in [0, 0.05) is 6.07 Å². The van der Waals surface area contributed by atoms with Crippen LogP contribution < -0.4 is 4.31 Å².